The van der Waals surface area contributed by atoms with Crippen LogP contribution in [0.25, 0.3) is 5.57 Å². The monoisotopic (exact) mass is 404 g/mol. The van der Waals surface area contributed by atoms with Gasteiger partial charge in [0, 0.05) is 30.8 Å². The number of benzene rings is 1. The molecule has 0 atom stereocenters. The molecule has 0 radical (unpaired) electrons. The molecule has 0 fully saturated rings. The van der Waals surface area contributed by atoms with Crippen molar-refractivity contribution in [3.05, 3.63) is 53.0 Å². The molecule has 2 aromatic rings. The molecule has 1 amide bonds. The van der Waals surface area contributed by atoms with E-state index in [1.54, 1.807) is 25.6 Å². The zero-order valence-corrected chi connectivity index (χ0v) is 16.9. The lowest BCUT2D eigenvalue weighted by molar-refractivity contribution is -0.140. The number of carbonyl (C=O) groups is 2. The lowest BCUT2D eigenvalue weighted by Crippen LogP contribution is -2.38. The maximum atomic E-state index is 13.6. The first-order chi connectivity index (χ1) is 13.5. The SMILES string of the molecule is CC(C)OC(=O)C1=CN(C(=O)c2ccc(F)c(F)c2)CC(C)(C)c2c1nnn2C. The lowest BCUT2D eigenvalue weighted by atomic mass is 9.86. The van der Waals surface area contributed by atoms with E-state index < -0.39 is 28.9 Å². The van der Waals surface area contributed by atoms with Gasteiger partial charge in [0.15, 0.2) is 11.6 Å². The van der Waals surface area contributed by atoms with E-state index in [0.717, 1.165) is 12.1 Å². The van der Waals surface area contributed by atoms with E-state index >= 15 is 0 Å². The normalized spacial score (nSPS) is 15.6. The molecule has 0 aliphatic carbocycles. The Morgan fingerprint density at radius 2 is 1.90 bits per heavy atom. The van der Waals surface area contributed by atoms with E-state index in [1.165, 1.54) is 17.2 Å². The first kappa shape index (κ1) is 20.6. The molecule has 154 valence electrons. The Hall–Kier alpha value is -3.10. The summed E-state index contributed by atoms with van der Waals surface area (Å²) in [5.74, 6) is -3.39. The Bertz CT molecular complexity index is 1010. The number of aromatic nitrogens is 3. The van der Waals surface area contributed by atoms with Crippen molar-refractivity contribution in [2.24, 2.45) is 7.05 Å². The highest BCUT2D eigenvalue weighted by molar-refractivity contribution is 6.17. The van der Waals surface area contributed by atoms with Crippen LogP contribution >= 0.6 is 0 Å². The van der Waals surface area contributed by atoms with Crippen LogP contribution in [0, 0.1) is 11.6 Å². The van der Waals surface area contributed by atoms with Crippen LogP contribution in [0.15, 0.2) is 24.4 Å². The fraction of sp³-hybridized carbons (Fsp3) is 0.400. The van der Waals surface area contributed by atoms with Crippen LogP contribution in [0.1, 0.15) is 49.4 Å². The summed E-state index contributed by atoms with van der Waals surface area (Å²) in [7, 11) is 1.70. The van der Waals surface area contributed by atoms with E-state index in [4.69, 9.17) is 4.74 Å². The maximum Gasteiger partial charge on any atom is 0.342 e. The van der Waals surface area contributed by atoms with Gasteiger partial charge in [0.05, 0.1) is 11.8 Å². The number of aryl methyl sites for hydroxylation is 1. The second-order valence-corrected chi connectivity index (χ2v) is 7.85. The van der Waals surface area contributed by atoms with Crippen LogP contribution in [0.3, 0.4) is 0 Å². The van der Waals surface area contributed by atoms with Gasteiger partial charge in [0.25, 0.3) is 5.91 Å². The van der Waals surface area contributed by atoms with Gasteiger partial charge in [-0.1, -0.05) is 19.1 Å². The average Bonchev–Trinajstić information content (AvgIpc) is 2.95. The van der Waals surface area contributed by atoms with Crippen molar-refractivity contribution in [3.8, 4) is 0 Å². The third kappa shape index (κ3) is 3.90. The van der Waals surface area contributed by atoms with Crippen molar-refractivity contribution < 1.29 is 23.1 Å². The second-order valence-electron chi connectivity index (χ2n) is 7.85. The Morgan fingerprint density at radius 1 is 1.21 bits per heavy atom. The lowest BCUT2D eigenvalue weighted by Gasteiger charge is -2.29. The Kier molecular flexibility index (Phi) is 5.25. The molecule has 0 spiro atoms. The number of halogens is 2. The van der Waals surface area contributed by atoms with Gasteiger partial charge in [0.2, 0.25) is 0 Å². The van der Waals surface area contributed by atoms with Gasteiger partial charge in [-0.3, -0.25) is 9.48 Å². The largest absolute Gasteiger partial charge is 0.459 e. The van der Waals surface area contributed by atoms with Crippen LogP contribution in [-0.2, 0) is 22.0 Å². The van der Waals surface area contributed by atoms with Crippen LogP contribution in [0.2, 0.25) is 0 Å². The summed E-state index contributed by atoms with van der Waals surface area (Å²) in [6, 6.07) is 2.93. The molecule has 1 aromatic carbocycles. The minimum Gasteiger partial charge on any atom is -0.459 e. The molecule has 2 heterocycles. The summed E-state index contributed by atoms with van der Waals surface area (Å²) in [5.41, 5.74) is 0.375. The number of amides is 1. The molecular weight excluding hydrogens is 382 g/mol. The molecule has 0 saturated carbocycles. The highest BCUT2D eigenvalue weighted by Gasteiger charge is 2.38. The number of nitrogens with zero attached hydrogens (tertiary/aromatic N) is 4. The third-order valence-corrected chi connectivity index (χ3v) is 4.56. The smallest absolute Gasteiger partial charge is 0.342 e. The molecule has 0 unspecified atom stereocenters. The van der Waals surface area contributed by atoms with Crippen molar-refractivity contribution in [2.45, 2.75) is 39.2 Å². The standard InChI is InChI=1S/C20H22F2N4O3/c1-11(2)29-19(28)13-9-26(18(27)12-6-7-14(21)15(22)8-12)10-20(3,4)17-16(13)23-24-25(17)5/h6-9,11H,10H2,1-5H3. The Labute approximate surface area is 166 Å². The second kappa shape index (κ2) is 7.38. The highest BCUT2D eigenvalue weighted by Crippen LogP contribution is 2.34. The zero-order valence-electron chi connectivity index (χ0n) is 16.9. The van der Waals surface area contributed by atoms with Gasteiger partial charge in [-0.25, -0.2) is 13.6 Å². The molecule has 29 heavy (non-hydrogen) atoms. The third-order valence-electron chi connectivity index (χ3n) is 4.56. The highest BCUT2D eigenvalue weighted by atomic mass is 19.2. The Morgan fingerprint density at radius 3 is 2.52 bits per heavy atom. The number of fused-ring (bicyclic) bond motifs is 1. The summed E-state index contributed by atoms with van der Waals surface area (Å²) in [6.45, 7) is 7.34. The quantitative estimate of drug-likeness (QED) is 0.736. The van der Waals surface area contributed by atoms with Gasteiger partial charge in [-0.15, -0.1) is 5.10 Å². The van der Waals surface area contributed by atoms with E-state index in [0.29, 0.717) is 11.4 Å². The van der Waals surface area contributed by atoms with Gasteiger partial charge in [-0.2, -0.15) is 0 Å². The molecule has 1 aliphatic heterocycles. The van der Waals surface area contributed by atoms with Crippen molar-refractivity contribution in [1.29, 1.82) is 0 Å². The van der Waals surface area contributed by atoms with Crippen molar-refractivity contribution >= 4 is 17.4 Å². The fourth-order valence-corrected chi connectivity index (χ4v) is 3.41. The fourth-order valence-electron chi connectivity index (χ4n) is 3.41. The molecule has 3 rings (SSSR count). The number of hydrogen-bond acceptors (Lipinski definition) is 5. The summed E-state index contributed by atoms with van der Waals surface area (Å²) in [6.07, 6.45) is 0.964. The molecule has 9 heteroatoms. The number of carbonyl (C=O) groups excluding carboxylic acids is 2. The molecule has 0 N–H and O–H groups in total. The minimum atomic E-state index is -1.12. The minimum absolute atomic E-state index is 0.0374. The first-order valence-electron chi connectivity index (χ1n) is 9.10. The average molecular weight is 404 g/mol. The molecule has 0 saturated heterocycles. The van der Waals surface area contributed by atoms with Crippen molar-refractivity contribution in [1.82, 2.24) is 19.9 Å². The van der Waals surface area contributed by atoms with E-state index in [2.05, 4.69) is 10.3 Å². The van der Waals surface area contributed by atoms with Crippen LogP contribution in [-0.4, -0.2) is 44.4 Å². The van der Waals surface area contributed by atoms with Crippen LogP contribution < -0.4 is 0 Å². The summed E-state index contributed by atoms with van der Waals surface area (Å²) in [4.78, 5) is 27.1. The molecule has 1 aliphatic rings. The number of esters is 1. The Balaban J connectivity index is 2.11. The number of rotatable bonds is 3. The summed E-state index contributed by atoms with van der Waals surface area (Å²) >= 11 is 0. The van der Waals surface area contributed by atoms with E-state index in [9.17, 15) is 18.4 Å². The van der Waals surface area contributed by atoms with Gasteiger partial charge in [-0.05, 0) is 32.0 Å². The summed E-state index contributed by atoms with van der Waals surface area (Å²) < 4.78 is 33.8. The van der Waals surface area contributed by atoms with Gasteiger partial charge < -0.3 is 9.64 Å². The predicted octanol–water partition coefficient (Wildman–Crippen LogP) is 2.82. The first-order valence-corrected chi connectivity index (χ1v) is 9.10. The van der Waals surface area contributed by atoms with Crippen molar-refractivity contribution in [3.63, 3.8) is 0 Å². The summed E-state index contributed by atoms with van der Waals surface area (Å²) in [5, 5.41) is 8.13. The van der Waals surface area contributed by atoms with E-state index in [-0.39, 0.29) is 23.8 Å². The number of hydrogen-bond donors (Lipinski definition) is 0. The van der Waals surface area contributed by atoms with Gasteiger partial charge in [0.1, 0.15) is 11.3 Å². The van der Waals surface area contributed by atoms with Crippen LogP contribution in [0.4, 0.5) is 8.78 Å². The zero-order chi connectivity index (χ0) is 21.5. The van der Waals surface area contributed by atoms with Crippen molar-refractivity contribution in [2.75, 3.05) is 6.54 Å². The molecular formula is C20H22F2N4O3. The maximum absolute atomic E-state index is 13.6. The molecule has 0 bridgehead atoms. The van der Waals surface area contributed by atoms with E-state index in [1.807, 2.05) is 13.8 Å². The topological polar surface area (TPSA) is 77.3 Å². The molecule has 7 nitrogen and oxygen atoms in total. The predicted molar refractivity (Wildman–Crippen MR) is 101 cm³/mol. The molecule has 1 aromatic heterocycles. The number of ether oxygens (including phenoxy) is 1. The van der Waals surface area contributed by atoms with Crippen LogP contribution in [0.5, 0.6) is 0 Å². The van der Waals surface area contributed by atoms with Gasteiger partial charge >= 0.3 is 5.97 Å².